The van der Waals surface area contributed by atoms with E-state index in [1.165, 1.54) is 16.8 Å². The Morgan fingerprint density at radius 2 is 1.97 bits per heavy atom. The van der Waals surface area contributed by atoms with Crippen LogP contribution >= 0.6 is 11.6 Å². The quantitative estimate of drug-likeness (QED) is 0.588. The fourth-order valence-corrected chi connectivity index (χ4v) is 3.70. The summed E-state index contributed by atoms with van der Waals surface area (Å²) in [6.07, 6.45) is -4.90. The smallest absolute Gasteiger partial charge is 0.324 e. The molecule has 0 saturated heterocycles. The predicted octanol–water partition coefficient (Wildman–Crippen LogP) is 5.05. The maximum atomic E-state index is 13.3. The molecule has 31 heavy (non-hydrogen) atoms. The first-order chi connectivity index (χ1) is 14.6. The molecule has 0 aliphatic carbocycles. The van der Waals surface area contributed by atoms with Crippen LogP contribution in [0, 0.1) is 6.92 Å². The standard InChI is InChI=1S/C21H16ClF3N4O2/c1-11-18(12-5-4-6-13(22)9-12)28-29-16(10-17(30)27-19(11)29)20(31)26-15-8-3-2-7-14(15)21(23,24)25/h2-9,16H,10H2,1H3,(H,26,31)(H,27,30). The molecule has 1 aliphatic heterocycles. The lowest BCUT2D eigenvalue weighted by molar-refractivity contribution is -0.137. The van der Waals surface area contributed by atoms with Crippen molar-refractivity contribution in [2.24, 2.45) is 0 Å². The lowest BCUT2D eigenvalue weighted by Crippen LogP contribution is -2.36. The van der Waals surface area contributed by atoms with Crippen molar-refractivity contribution < 1.29 is 22.8 Å². The van der Waals surface area contributed by atoms with Gasteiger partial charge in [0.1, 0.15) is 11.9 Å². The summed E-state index contributed by atoms with van der Waals surface area (Å²) in [5, 5.41) is 9.95. The first-order valence-electron chi connectivity index (χ1n) is 9.27. The number of carbonyl (C=O) groups is 2. The molecule has 1 atom stereocenters. The molecule has 0 spiro atoms. The van der Waals surface area contributed by atoms with E-state index in [0.717, 1.165) is 12.1 Å². The number of nitrogens with zero attached hydrogens (tertiary/aromatic N) is 2. The Labute approximate surface area is 180 Å². The van der Waals surface area contributed by atoms with Crippen LogP contribution in [-0.2, 0) is 15.8 Å². The fourth-order valence-electron chi connectivity index (χ4n) is 3.51. The number of para-hydroxylation sites is 1. The number of halogens is 4. The number of carbonyl (C=O) groups excluding carboxylic acids is 2. The number of amides is 2. The highest BCUT2D eigenvalue weighted by Gasteiger charge is 2.37. The van der Waals surface area contributed by atoms with Gasteiger partial charge in [-0.1, -0.05) is 35.9 Å². The molecule has 4 rings (SSSR count). The summed E-state index contributed by atoms with van der Waals surface area (Å²) in [6, 6.07) is 10.5. The third kappa shape index (κ3) is 4.00. The topological polar surface area (TPSA) is 76.0 Å². The van der Waals surface area contributed by atoms with Crippen LogP contribution in [0.1, 0.15) is 23.6 Å². The van der Waals surface area contributed by atoms with Gasteiger partial charge in [-0.25, -0.2) is 4.68 Å². The summed E-state index contributed by atoms with van der Waals surface area (Å²) in [7, 11) is 0. The molecule has 10 heteroatoms. The molecular formula is C21H16ClF3N4O2. The Morgan fingerprint density at radius 3 is 2.68 bits per heavy atom. The van der Waals surface area contributed by atoms with Gasteiger partial charge < -0.3 is 10.6 Å². The SMILES string of the molecule is Cc1c(-c2cccc(Cl)c2)nn2c1NC(=O)CC2C(=O)Nc1ccccc1C(F)(F)F. The molecule has 160 valence electrons. The Balaban J connectivity index is 1.71. The minimum Gasteiger partial charge on any atom is -0.324 e. The van der Waals surface area contributed by atoms with Gasteiger partial charge in [-0.15, -0.1) is 0 Å². The third-order valence-electron chi connectivity index (χ3n) is 4.97. The number of benzene rings is 2. The van der Waals surface area contributed by atoms with Gasteiger partial charge in [0.05, 0.1) is 23.4 Å². The fraction of sp³-hybridized carbons (Fsp3) is 0.190. The van der Waals surface area contributed by atoms with Crippen molar-refractivity contribution in [1.29, 1.82) is 0 Å². The van der Waals surface area contributed by atoms with Crippen molar-refractivity contribution in [3.8, 4) is 11.3 Å². The minimum atomic E-state index is -4.64. The zero-order chi connectivity index (χ0) is 22.3. The van der Waals surface area contributed by atoms with E-state index in [2.05, 4.69) is 15.7 Å². The maximum Gasteiger partial charge on any atom is 0.418 e. The van der Waals surface area contributed by atoms with Crippen LogP contribution in [0.2, 0.25) is 5.02 Å². The van der Waals surface area contributed by atoms with Crippen LogP contribution in [0.5, 0.6) is 0 Å². The highest BCUT2D eigenvalue weighted by molar-refractivity contribution is 6.30. The second kappa shape index (κ2) is 7.73. The molecular weight excluding hydrogens is 433 g/mol. The van der Waals surface area contributed by atoms with Crippen LogP contribution in [0.4, 0.5) is 24.7 Å². The molecule has 2 N–H and O–H groups in total. The van der Waals surface area contributed by atoms with Crippen LogP contribution < -0.4 is 10.6 Å². The van der Waals surface area contributed by atoms with Crippen LogP contribution in [-0.4, -0.2) is 21.6 Å². The Hall–Kier alpha value is -3.33. The highest BCUT2D eigenvalue weighted by Crippen LogP contribution is 2.37. The first kappa shape index (κ1) is 20.9. The molecule has 1 aromatic heterocycles. The second-order valence-electron chi connectivity index (χ2n) is 7.08. The molecule has 6 nitrogen and oxygen atoms in total. The number of hydrogen-bond donors (Lipinski definition) is 2. The molecule has 1 aliphatic rings. The molecule has 2 aromatic carbocycles. The van der Waals surface area contributed by atoms with E-state index < -0.39 is 29.6 Å². The number of hydrogen-bond acceptors (Lipinski definition) is 3. The summed E-state index contributed by atoms with van der Waals surface area (Å²) < 4.78 is 41.2. The number of rotatable bonds is 3. The summed E-state index contributed by atoms with van der Waals surface area (Å²) in [6.45, 7) is 1.73. The van der Waals surface area contributed by atoms with Gasteiger partial charge in [0, 0.05) is 16.1 Å². The van der Waals surface area contributed by atoms with Gasteiger partial charge in [0.15, 0.2) is 0 Å². The van der Waals surface area contributed by atoms with Gasteiger partial charge in [-0.3, -0.25) is 9.59 Å². The highest BCUT2D eigenvalue weighted by atomic mass is 35.5. The van der Waals surface area contributed by atoms with E-state index in [1.54, 1.807) is 31.2 Å². The van der Waals surface area contributed by atoms with Crippen molar-refractivity contribution in [3.63, 3.8) is 0 Å². The summed E-state index contributed by atoms with van der Waals surface area (Å²) in [4.78, 5) is 25.2. The molecule has 1 unspecified atom stereocenters. The molecule has 0 fully saturated rings. The first-order valence-corrected chi connectivity index (χ1v) is 9.65. The number of nitrogens with one attached hydrogen (secondary N) is 2. The van der Waals surface area contributed by atoms with Crippen molar-refractivity contribution >= 4 is 34.9 Å². The summed E-state index contributed by atoms with van der Waals surface area (Å²) >= 11 is 6.06. The Bertz CT molecular complexity index is 1190. The van der Waals surface area contributed by atoms with E-state index >= 15 is 0 Å². The van der Waals surface area contributed by atoms with Crippen molar-refractivity contribution in [3.05, 3.63) is 64.7 Å². The number of aromatic nitrogens is 2. The summed E-state index contributed by atoms with van der Waals surface area (Å²) in [5.74, 6) is -0.888. The molecule has 3 aromatic rings. The number of anilines is 2. The zero-order valence-corrected chi connectivity index (χ0v) is 16.9. The third-order valence-corrected chi connectivity index (χ3v) is 5.21. The monoisotopic (exact) mass is 448 g/mol. The van der Waals surface area contributed by atoms with E-state index in [0.29, 0.717) is 27.7 Å². The van der Waals surface area contributed by atoms with E-state index in [1.807, 2.05) is 0 Å². The maximum absolute atomic E-state index is 13.3. The van der Waals surface area contributed by atoms with E-state index in [-0.39, 0.29) is 12.1 Å². The van der Waals surface area contributed by atoms with Gasteiger partial charge in [0.25, 0.3) is 0 Å². The van der Waals surface area contributed by atoms with Crippen molar-refractivity contribution in [2.45, 2.75) is 25.6 Å². The predicted molar refractivity (Wildman–Crippen MR) is 110 cm³/mol. The number of alkyl halides is 3. The van der Waals surface area contributed by atoms with Gasteiger partial charge in [-0.2, -0.15) is 18.3 Å². The molecule has 0 radical (unpaired) electrons. The van der Waals surface area contributed by atoms with Gasteiger partial charge in [-0.05, 0) is 31.2 Å². The average Bonchev–Trinajstić information content (AvgIpc) is 3.03. The normalized spacial score (nSPS) is 15.9. The second-order valence-corrected chi connectivity index (χ2v) is 7.51. The van der Waals surface area contributed by atoms with Crippen molar-refractivity contribution in [2.75, 3.05) is 10.6 Å². The molecule has 2 heterocycles. The average molecular weight is 449 g/mol. The molecule has 2 amide bonds. The molecule has 0 bridgehead atoms. The van der Waals surface area contributed by atoms with Gasteiger partial charge >= 0.3 is 6.18 Å². The van der Waals surface area contributed by atoms with Crippen molar-refractivity contribution in [1.82, 2.24) is 9.78 Å². The minimum absolute atomic E-state index is 0.261. The largest absolute Gasteiger partial charge is 0.418 e. The van der Waals surface area contributed by atoms with Crippen LogP contribution in [0.3, 0.4) is 0 Å². The van der Waals surface area contributed by atoms with E-state index in [9.17, 15) is 22.8 Å². The number of fused-ring (bicyclic) bond motifs is 1. The molecule has 0 saturated carbocycles. The Morgan fingerprint density at radius 1 is 1.23 bits per heavy atom. The lowest BCUT2D eigenvalue weighted by Gasteiger charge is -2.24. The van der Waals surface area contributed by atoms with Gasteiger partial charge in [0.2, 0.25) is 11.8 Å². The zero-order valence-electron chi connectivity index (χ0n) is 16.1. The Kier molecular flexibility index (Phi) is 5.22. The van der Waals surface area contributed by atoms with E-state index in [4.69, 9.17) is 11.6 Å². The van der Waals surface area contributed by atoms with Crippen LogP contribution in [0.25, 0.3) is 11.3 Å². The summed E-state index contributed by atoms with van der Waals surface area (Å²) in [5.41, 5.74) is 0.450. The lowest BCUT2D eigenvalue weighted by atomic mass is 10.1. The van der Waals surface area contributed by atoms with Crippen LogP contribution in [0.15, 0.2) is 48.5 Å².